The van der Waals surface area contributed by atoms with Crippen molar-refractivity contribution in [2.24, 2.45) is 0 Å². The normalized spacial score (nSPS) is 10.7. The molecule has 20 heavy (non-hydrogen) atoms. The van der Waals surface area contributed by atoms with Gasteiger partial charge in [0.2, 0.25) is 0 Å². The third-order valence-corrected chi connectivity index (χ3v) is 4.18. The minimum absolute atomic E-state index is 0.0645. The molecule has 0 amide bonds. The van der Waals surface area contributed by atoms with Gasteiger partial charge in [0.05, 0.1) is 17.3 Å². The first-order valence-corrected chi connectivity index (χ1v) is 7.05. The lowest BCUT2D eigenvalue weighted by molar-refractivity contribution is 0.101. The molecular weight excluding hydrogens is 270 g/mol. The lowest BCUT2D eigenvalue weighted by Gasteiger charge is -1.98. The van der Waals surface area contributed by atoms with Gasteiger partial charge in [0.25, 0.3) is 0 Å². The summed E-state index contributed by atoms with van der Waals surface area (Å²) < 4.78 is 6.30. The second kappa shape index (κ2) is 5.06. The van der Waals surface area contributed by atoms with E-state index in [2.05, 4.69) is 4.98 Å². The molecule has 0 radical (unpaired) electrons. The second-order valence-corrected chi connectivity index (χ2v) is 5.52. The molecule has 0 aliphatic carbocycles. The molecule has 4 heteroatoms. The van der Waals surface area contributed by atoms with E-state index < -0.39 is 0 Å². The Morgan fingerprint density at radius 1 is 1.20 bits per heavy atom. The highest BCUT2D eigenvalue weighted by atomic mass is 32.1. The summed E-state index contributed by atoms with van der Waals surface area (Å²) in [5, 5.41) is 0.913. The van der Waals surface area contributed by atoms with Gasteiger partial charge in [0.1, 0.15) is 10.8 Å². The van der Waals surface area contributed by atoms with Gasteiger partial charge in [-0.25, -0.2) is 4.98 Å². The number of fused-ring (bicyclic) bond motifs is 1. The van der Waals surface area contributed by atoms with Gasteiger partial charge >= 0.3 is 0 Å². The van der Waals surface area contributed by atoms with Crippen LogP contribution in [0.15, 0.2) is 42.5 Å². The predicted molar refractivity (Wildman–Crippen MR) is 81.6 cm³/mol. The van der Waals surface area contributed by atoms with Gasteiger partial charge in [-0.1, -0.05) is 18.2 Å². The van der Waals surface area contributed by atoms with E-state index >= 15 is 0 Å². The molecule has 0 aliphatic heterocycles. The van der Waals surface area contributed by atoms with Crippen LogP contribution in [0.25, 0.3) is 20.8 Å². The number of nitrogens with zero attached hydrogens (tertiary/aromatic N) is 1. The van der Waals surface area contributed by atoms with E-state index in [0.29, 0.717) is 5.56 Å². The summed E-state index contributed by atoms with van der Waals surface area (Å²) in [4.78, 5) is 16.1. The van der Waals surface area contributed by atoms with Gasteiger partial charge in [0.15, 0.2) is 5.78 Å². The Morgan fingerprint density at radius 2 is 2.05 bits per heavy atom. The Hall–Kier alpha value is -2.20. The molecule has 3 aromatic rings. The molecular formula is C16H13NO2S. The van der Waals surface area contributed by atoms with E-state index in [1.165, 1.54) is 0 Å². The van der Waals surface area contributed by atoms with Gasteiger partial charge in [-0.15, -0.1) is 11.3 Å². The molecule has 0 bridgehead atoms. The van der Waals surface area contributed by atoms with E-state index in [-0.39, 0.29) is 5.78 Å². The Kier molecular flexibility index (Phi) is 3.24. The summed E-state index contributed by atoms with van der Waals surface area (Å²) in [6.45, 7) is 1.57. The van der Waals surface area contributed by atoms with E-state index in [4.69, 9.17) is 4.74 Å². The first-order valence-electron chi connectivity index (χ1n) is 6.23. The number of hydrogen-bond acceptors (Lipinski definition) is 4. The topological polar surface area (TPSA) is 39.2 Å². The summed E-state index contributed by atoms with van der Waals surface area (Å²) in [7, 11) is 1.65. The second-order valence-electron chi connectivity index (χ2n) is 4.49. The predicted octanol–water partition coefficient (Wildman–Crippen LogP) is 4.17. The zero-order valence-electron chi connectivity index (χ0n) is 11.2. The van der Waals surface area contributed by atoms with Crippen LogP contribution in [0.2, 0.25) is 0 Å². The highest BCUT2D eigenvalue weighted by Gasteiger charge is 2.09. The fourth-order valence-electron chi connectivity index (χ4n) is 2.03. The number of ether oxygens (including phenoxy) is 1. The molecule has 2 aromatic carbocycles. The number of aromatic nitrogens is 1. The third-order valence-electron chi connectivity index (χ3n) is 3.11. The van der Waals surface area contributed by atoms with Gasteiger partial charge in [-0.2, -0.15) is 0 Å². The van der Waals surface area contributed by atoms with Crippen molar-refractivity contribution in [3.05, 3.63) is 48.0 Å². The molecule has 0 saturated carbocycles. The number of thiazole rings is 1. The maximum absolute atomic E-state index is 11.5. The molecule has 0 unspecified atom stereocenters. The summed E-state index contributed by atoms with van der Waals surface area (Å²) in [6, 6.07) is 13.4. The SMILES string of the molecule is COc1ccc2nc(-c3cccc(C(C)=O)c3)sc2c1. The quantitative estimate of drug-likeness (QED) is 0.677. The van der Waals surface area contributed by atoms with Crippen molar-refractivity contribution in [1.29, 1.82) is 0 Å². The highest BCUT2D eigenvalue weighted by Crippen LogP contribution is 2.32. The molecule has 0 fully saturated rings. The van der Waals surface area contributed by atoms with Crippen LogP contribution >= 0.6 is 11.3 Å². The van der Waals surface area contributed by atoms with Crippen molar-refractivity contribution in [3.63, 3.8) is 0 Å². The summed E-state index contributed by atoms with van der Waals surface area (Å²) >= 11 is 1.60. The smallest absolute Gasteiger partial charge is 0.159 e. The van der Waals surface area contributed by atoms with Crippen LogP contribution in [0.1, 0.15) is 17.3 Å². The van der Waals surface area contributed by atoms with Crippen LogP contribution in [0.5, 0.6) is 5.75 Å². The van der Waals surface area contributed by atoms with E-state index in [1.807, 2.05) is 42.5 Å². The van der Waals surface area contributed by atoms with E-state index in [0.717, 1.165) is 26.5 Å². The van der Waals surface area contributed by atoms with Crippen molar-refractivity contribution < 1.29 is 9.53 Å². The molecule has 0 N–H and O–H groups in total. The molecule has 1 heterocycles. The summed E-state index contributed by atoms with van der Waals surface area (Å²) in [5.74, 6) is 0.889. The standard InChI is InChI=1S/C16H13NO2S/c1-10(18)11-4-3-5-12(8-11)16-17-14-7-6-13(19-2)9-15(14)20-16/h3-9H,1-2H3. The summed E-state index contributed by atoms with van der Waals surface area (Å²) in [6.07, 6.45) is 0. The Morgan fingerprint density at radius 3 is 2.80 bits per heavy atom. The largest absolute Gasteiger partial charge is 0.497 e. The molecule has 0 atom stereocenters. The van der Waals surface area contributed by atoms with Gasteiger partial charge in [0, 0.05) is 11.1 Å². The minimum Gasteiger partial charge on any atom is -0.497 e. The van der Waals surface area contributed by atoms with Crippen molar-refractivity contribution >= 4 is 27.3 Å². The van der Waals surface area contributed by atoms with Crippen molar-refractivity contribution in [3.8, 4) is 16.3 Å². The van der Waals surface area contributed by atoms with Gasteiger partial charge < -0.3 is 4.74 Å². The number of hydrogen-bond donors (Lipinski definition) is 0. The number of carbonyl (C=O) groups is 1. The Bertz CT molecular complexity index is 792. The van der Waals surface area contributed by atoms with Crippen molar-refractivity contribution in [2.45, 2.75) is 6.92 Å². The zero-order chi connectivity index (χ0) is 14.1. The van der Waals surface area contributed by atoms with E-state index in [1.54, 1.807) is 25.4 Å². The lowest BCUT2D eigenvalue weighted by atomic mass is 10.1. The molecule has 3 nitrogen and oxygen atoms in total. The van der Waals surface area contributed by atoms with Crippen LogP contribution in [-0.4, -0.2) is 17.9 Å². The lowest BCUT2D eigenvalue weighted by Crippen LogP contribution is -1.91. The van der Waals surface area contributed by atoms with E-state index in [9.17, 15) is 4.79 Å². The Labute approximate surface area is 120 Å². The molecule has 100 valence electrons. The van der Waals surface area contributed by atoms with Gasteiger partial charge in [-0.05, 0) is 31.2 Å². The third kappa shape index (κ3) is 2.30. The molecule has 0 aliphatic rings. The first kappa shape index (κ1) is 12.8. The van der Waals surface area contributed by atoms with Crippen molar-refractivity contribution in [2.75, 3.05) is 7.11 Å². The monoisotopic (exact) mass is 283 g/mol. The van der Waals surface area contributed by atoms with Crippen LogP contribution in [0, 0.1) is 0 Å². The number of Topliss-reactive ketones (excluding diaryl/α,β-unsaturated/α-hetero) is 1. The summed E-state index contributed by atoms with van der Waals surface area (Å²) in [5.41, 5.74) is 2.62. The fourth-order valence-corrected chi connectivity index (χ4v) is 3.02. The first-order chi connectivity index (χ1) is 9.67. The average molecular weight is 283 g/mol. The highest BCUT2D eigenvalue weighted by molar-refractivity contribution is 7.21. The minimum atomic E-state index is 0.0645. The molecule has 0 saturated heterocycles. The fraction of sp³-hybridized carbons (Fsp3) is 0.125. The molecule has 1 aromatic heterocycles. The Balaban J connectivity index is 2.10. The number of benzene rings is 2. The number of methoxy groups -OCH3 is 1. The van der Waals surface area contributed by atoms with Crippen molar-refractivity contribution in [1.82, 2.24) is 4.98 Å². The van der Waals surface area contributed by atoms with Gasteiger partial charge in [-0.3, -0.25) is 4.79 Å². The molecule has 3 rings (SSSR count). The number of carbonyl (C=O) groups excluding carboxylic acids is 1. The number of rotatable bonds is 3. The van der Waals surface area contributed by atoms with Crippen LogP contribution in [0.4, 0.5) is 0 Å². The zero-order valence-corrected chi connectivity index (χ0v) is 12.0. The maximum atomic E-state index is 11.5. The number of ketones is 1. The maximum Gasteiger partial charge on any atom is 0.159 e. The average Bonchev–Trinajstić information content (AvgIpc) is 2.90. The van der Waals surface area contributed by atoms with Crippen LogP contribution in [0.3, 0.4) is 0 Å². The van der Waals surface area contributed by atoms with Crippen LogP contribution < -0.4 is 4.74 Å². The van der Waals surface area contributed by atoms with Crippen LogP contribution in [-0.2, 0) is 0 Å². The molecule has 0 spiro atoms.